The number of hydrogen-bond acceptors (Lipinski definition) is 3. The third kappa shape index (κ3) is 3.76. The minimum absolute atomic E-state index is 0. The van der Waals surface area contributed by atoms with Crippen molar-refractivity contribution in [1.29, 1.82) is 0 Å². The Morgan fingerprint density at radius 2 is 1.89 bits per heavy atom. The van der Waals surface area contributed by atoms with E-state index in [-0.39, 0.29) is 18.0 Å². The van der Waals surface area contributed by atoms with E-state index in [0.717, 1.165) is 0 Å². The number of ether oxygens (including phenoxy) is 1. The normalized spacial score (nSPS) is 14.6. The van der Waals surface area contributed by atoms with Gasteiger partial charge in [-0.15, -0.1) is 12.4 Å². The molecule has 0 fully saturated rings. The van der Waals surface area contributed by atoms with Gasteiger partial charge in [0.2, 0.25) is 0 Å². The molecule has 0 aliphatic heterocycles. The highest BCUT2D eigenvalue weighted by Gasteiger charge is 2.42. The maximum absolute atomic E-state index is 12.3. The van der Waals surface area contributed by atoms with E-state index in [9.17, 15) is 13.2 Å². The van der Waals surface area contributed by atoms with Gasteiger partial charge in [-0.2, -0.15) is 13.2 Å². The number of rotatable bonds is 3. The zero-order valence-corrected chi connectivity index (χ0v) is 10.7. The van der Waals surface area contributed by atoms with E-state index in [4.69, 9.17) is 15.6 Å². The molecule has 7 heteroatoms. The summed E-state index contributed by atoms with van der Waals surface area (Å²) in [5.41, 5.74) is 6.25. The summed E-state index contributed by atoms with van der Waals surface area (Å²) in [6.07, 6.45) is -7.30. The number of benzene rings is 1. The quantitative estimate of drug-likeness (QED) is 0.896. The summed E-state index contributed by atoms with van der Waals surface area (Å²) < 4.78 is 41.8. The predicted molar refractivity (Wildman–Crippen MR) is 64.0 cm³/mol. The van der Waals surface area contributed by atoms with Gasteiger partial charge >= 0.3 is 6.18 Å². The minimum atomic E-state index is -4.73. The monoisotopic (exact) mass is 285 g/mol. The smallest absolute Gasteiger partial charge is 0.416 e. The fourth-order valence-corrected chi connectivity index (χ4v) is 1.49. The minimum Gasteiger partial charge on any atom is -0.496 e. The maximum Gasteiger partial charge on any atom is 0.416 e. The molecule has 1 rings (SSSR count). The molecule has 0 aliphatic rings. The molecule has 0 aromatic heterocycles. The second-order valence-electron chi connectivity index (χ2n) is 3.74. The average molecular weight is 286 g/mol. The SMILES string of the molecule is COc1ccc([C@H](N)[C@H](O)C(F)(F)F)cc1C.Cl. The first-order valence-corrected chi connectivity index (χ1v) is 4.92. The van der Waals surface area contributed by atoms with Gasteiger partial charge in [-0.3, -0.25) is 0 Å². The fraction of sp³-hybridized carbons (Fsp3) is 0.455. The molecule has 0 bridgehead atoms. The lowest BCUT2D eigenvalue weighted by molar-refractivity contribution is -0.210. The van der Waals surface area contributed by atoms with Crippen molar-refractivity contribution in [1.82, 2.24) is 0 Å². The Bertz CT molecular complexity index is 398. The van der Waals surface area contributed by atoms with Crippen LogP contribution in [0, 0.1) is 6.92 Å². The topological polar surface area (TPSA) is 55.5 Å². The summed E-state index contributed by atoms with van der Waals surface area (Å²) in [4.78, 5) is 0. The third-order valence-corrected chi connectivity index (χ3v) is 2.48. The summed E-state index contributed by atoms with van der Waals surface area (Å²) in [6.45, 7) is 1.69. The fourth-order valence-electron chi connectivity index (χ4n) is 1.49. The van der Waals surface area contributed by atoms with Crippen LogP contribution in [0.4, 0.5) is 13.2 Å². The molecule has 3 N–H and O–H groups in total. The van der Waals surface area contributed by atoms with Crippen molar-refractivity contribution < 1.29 is 23.0 Å². The van der Waals surface area contributed by atoms with E-state index in [2.05, 4.69) is 0 Å². The first kappa shape index (κ1) is 17.0. The lowest BCUT2D eigenvalue weighted by atomic mass is 10.00. The Labute approximate surface area is 109 Å². The maximum atomic E-state index is 12.3. The van der Waals surface area contributed by atoms with Gasteiger partial charge < -0.3 is 15.6 Å². The molecule has 0 aliphatic carbocycles. The van der Waals surface area contributed by atoms with Crippen LogP contribution < -0.4 is 10.5 Å². The highest BCUT2D eigenvalue weighted by atomic mass is 35.5. The molecule has 0 amide bonds. The summed E-state index contributed by atoms with van der Waals surface area (Å²) in [6, 6.07) is 2.90. The van der Waals surface area contributed by atoms with Crippen LogP contribution in [0.15, 0.2) is 18.2 Å². The van der Waals surface area contributed by atoms with Gasteiger partial charge in [0.15, 0.2) is 6.10 Å². The molecule has 0 saturated carbocycles. The molecule has 0 saturated heterocycles. The first-order chi connectivity index (χ1) is 7.77. The van der Waals surface area contributed by atoms with Crippen molar-refractivity contribution in [3.8, 4) is 5.75 Å². The number of nitrogens with two attached hydrogens (primary N) is 1. The Morgan fingerprint density at radius 1 is 1.33 bits per heavy atom. The van der Waals surface area contributed by atoms with Crippen LogP contribution >= 0.6 is 12.4 Å². The number of aliphatic hydroxyl groups is 1. The highest BCUT2D eigenvalue weighted by Crippen LogP contribution is 2.30. The van der Waals surface area contributed by atoms with Crippen molar-refractivity contribution in [3.63, 3.8) is 0 Å². The van der Waals surface area contributed by atoms with E-state index in [1.807, 2.05) is 0 Å². The Hall–Kier alpha value is -0.980. The number of aliphatic hydroxyl groups excluding tert-OH is 1. The first-order valence-electron chi connectivity index (χ1n) is 4.92. The molecule has 104 valence electrons. The molecule has 1 aromatic rings. The summed E-state index contributed by atoms with van der Waals surface area (Å²) in [5, 5.41) is 9.04. The van der Waals surface area contributed by atoms with Crippen molar-refractivity contribution >= 4 is 12.4 Å². The molecular formula is C11H15ClF3NO2. The molecule has 0 heterocycles. The third-order valence-electron chi connectivity index (χ3n) is 2.48. The lowest BCUT2D eigenvalue weighted by Crippen LogP contribution is -2.38. The van der Waals surface area contributed by atoms with E-state index in [0.29, 0.717) is 11.3 Å². The number of hydrogen-bond donors (Lipinski definition) is 2. The Morgan fingerprint density at radius 3 is 2.28 bits per heavy atom. The zero-order valence-electron chi connectivity index (χ0n) is 9.86. The standard InChI is InChI=1S/C11H14F3NO2.ClH/c1-6-5-7(3-4-8(6)17-2)9(15)10(16)11(12,13)14;/h3-5,9-10,16H,15H2,1-2H3;1H/t9-,10-;/m0./s1. The van der Waals surface area contributed by atoms with E-state index >= 15 is 0 Å². The van der Waals surface area contributed by atoms with E-state index < -0.39 is 18.3 Å². The second kappa shape index (κ2) is 6.26. The molecular weight excluding hydrogens is 271 g/mol. The summed E-state index contributed by atoms with van der Waals surface area (Å²) in [7, 11) is 1.46. The number of halogens is 4. The molecule has 0 unspecified atom stereocenters. The predicted octanol–water partition coefficient (Wildman–Crippen LogP) is 2.35. The molecule has 0 radical (unpaired) electrons. The van der Waals surface area contributed by atoms with Crippen LogP contribution in [0.3, 0.4) is 0 Å². The number of alkyl halides is 3. The zero-order chi connectivity index (χ0) is 13.2. The van der Waals surface area contributed by atoms with Crippen LogP contribution in [-0.2, 0) is 0 Å². The summed E-state index contributed by atoms with van der Waals surface area (Å²) >= 11 is 0. The molecule has 3 nitrogen and oxygen atoms in total. The van der Waals surface area contributed by atoms with Gasteiger partial charge in [0, 0.05) is 0 Å². The van der Waals surface area contributed by atoms with Crippen LogP contribution in [0.5, 0.6) is 5.75 Å². The lowest BCUT2D eigenvalue weighted by Gasteiger charge is -2.22. The molecule has 18 heavy (non-hydrogen) atoms. The van der Waals surface area contributed by atoms with E-state index in [1.54, 1.807) is 6.92 Å². The Balaban J connectivity index is 0.00000289. The van der Waals surface area contributed by atoms with Gasteiger partial charge in [-0.05, 0) is 24.1 Å². The van der Waals surface area contributed by atoms with Gasteiger partial charge in [-0.1, -0.05) is 12.1 Å². The van der Waals surface area contributed by atoms with Crippen LogP contribution in [0.1, 0.15) is 17.2 Å². The number of aryl methyl sites for hydroxylation is 1. The average Bonchev–Trinajstić information content (AvgIpc) is 2.25. The second-order valence-corrected chi connectivity index (χ2v) is 3.74. The Kier molecular flexibility index (Phi) is 5.92. The van der Waals surface area contributed by atoms with Crippen LogP contribution in [0.25, 0.3) is 0 Å². The van der Waals surface area contributed by atoms with Gasteiger partial charge in [0.05, 0.1) is 13.2 Å². The molecule has 0 spiro atoms. The van der Waals surface area contributed by atoms with Crippen molar-refractivity contribution in [3.05, 3.63) is 29.3 Å². The van der Waals surface area contributed by atoms with E-state index in [1.165, 1.54) is 25.3 Å². The van der Waals surface area contributed by atoms with Gasteiger partial charge in [0.25, 0.3) is 0 Å². The number of methoxy groups -OCH3 is 1. The van der Waals surface area contributed by atoms with Crippen molar-refractivity contribution in [2.45, 2.75) is 25.2 Å². The summed E-state index contributed by atoms with van der Waals surface area (Å²) in [5.74, 6) is 0.558. The molecule has 1 aromatic carbocycles. The van der Waals surface area contributed by atoms with Gasteiger partial charge in [0.1, 0.15) is 5.75 Å². The van der Waals surface area contributed by atoms with Crippen LogP contribution in [-0.4, -0.2) is 24.5 Å². The molecule has 2 atom stereocenters. The van der Waals surface area contributed by atoms with Gasteiger partial charge in [-0.25, -0.2) is 0 Å². The van der Waals surface area contributed by atoms with Crippen molar-refractivity contribution in [2.75, 3.05) is 7.11 Å². The van der Waals surface area contributed by atoms with Crippen molar-refractivity contribution in [2.24, 2.45) is 5.73 Å². The highest BCUT2D eigenvalue weighted by molar-refractivity contribution is 5.85. The van der Waals surface area contributed by atoms with Crippen LogP contribution in [0.2, 0.25) is 0 Å². The largest absolute Gasteiger partial charge is 0.496 e.